The lowest BCUT2D eigenvalue weighted by Gasteiger charge is -2.29. The van der Waals surface area contributed by atoms with E-state index in [-0.39, 0.29) is 12.1 Å². The average molecular weight is 312 g/mol. The van der Waals surface area contributed by atoms with E-state index >= 15 is 0 Å². The van der Waals surface area contributed by atoms with Crippen molar-refractivity contribution in [3.8, 4) is 5.75 Å². The topological polar surface area (TPSA) is 41.6 Å². The van der Waals surface area contributed by atoms with Gasteiger partial charge in [-0.25, -0.2) is 4.79 Å². The summed E-state index contributed by atoms with van der Waals surface area (Å²) in [6.07, 6.45) is 1.89. The molecule has 0 aliphatic rings. The molecule has 0 spiro atoms. The molecule has 0 bridgehead atoms. The summed E-state index contributed by atoms with van der Waals surface area (Å²) in [6.45, 7) is 2.12. The number of carbonyl (C=O) groups is 1. The van der Waals surface area contributed by atoms with E-state index in [1.807, 2.05) is 61.6 Å². The van der Waals surface area contributed by atoms with Crippen molar-refractivity contribution in [3.05, 3.63) is 60.2 Å². The molecule has 4 heteroatoms. The maximum absolute atomic E-state index is 12.5. The summed E-state index contributed by atoms with van der Waals surface area (Å²) < 4.78 is 5.30. The van der Waals surface area contributed by atoms with Crippen molar-refractivity contribution < 1.29 is 9.53 Å². The Morgan fingerprint density at radius 2 is 1.91 bits per heavy atom. The summed E-state index contributed by atoms with van der Waals surface area (Å²) in [5, 5.41) is 2.93. The van der Waals surface area contributed by atoms with Crippen molar-refractivity contribution >= 4 is 11.7 Å². The van der Waals surface area contributed by atoms with Crippen LogP contribution in [0.15, 0.2) is 54.6 Å². The van der Waals surface area contributed by atoms with Gasteiger partial charge in [0, 0.05) is 12.7 Å². The third-order valence-electron chi connectivity index (χ3n) is 3.85. The number of nitrogens with one attached hydrogen (secondary N) is 1. The number of ether oxygens (including phenoxy) is 1. The zero-order valence-electron chi connectivity index (χ0n) is 14.0. The maximum Gasteiger partial charge on any atom is 0.322 e. The third-order valence-corrected chi connectivity index (χ3v) is 3.85. The molecule has 0 radical (unpaired) electrons. The van der Waals surface area contributed by atoms with Crippen molar-refractivity contribution in [2.75, 3.05) is 19.5 Å². The molecule has 4 nitrogen and oxygen atoms in total. The molecule has 0 aliphatic heterocycles. The number of urea groups is 1. The number of para-hydroxylation sites is 1. The number of carbonyl (C=O) groups excluding carboxylic acids is 1. The fourth-order valence-corrected chi connectivity index (χ4v) is 2.58. The molecule has 0 saturated heterocycles. The Hall–Kier alpha value is -2.49. The molecule has 2 amide bonds. The molecule has 23 heavy (non-hydrogen) atoms. The Morgan fingerprint density at radius 1 is 1.17 bits per heavy atom. The van der Waals surface area contributed by atoms with Gasteiger partial charge < -0.3 is 15.0 Å². The number of anilines is 1. The standard InChI is InChI=1S/C19H24N2O2/c1-4-9-18(15-10-8-13-17(14-15)23-3)21(2)19(22)20-16-11-6-5-7-12-16/h5-8,10-14,18H,4,9H2,1-3H3,(H,20,22). The minimum Gasteiger partial charge on any atom is -0.497 e. The van der Waals surface area contributed by atoms with Crippen LogP contribution < -0.4 is 10.1 Å². The van der Waals surface area contributed by atoms with Crippen LogP contribution in [-0.2, 0) is 0 Å². The first-order chi connectivity index (χ1) is 11.2. The lowest BCUT2D eigenvalue weighted by molar-refractivity contribution is 0.200. The Labute approximate surface area is 138 Å². The van der Waals surface area contributed by atoms with Crippen LogP contribution in [0.2, 0.25) is 0 Å². The smallest absolute Gasteiger partial charge is 0.322 e. The number of benzene rings is 2. The zero-order valence-corrected chi connectivity index (χ0v) is 14.0. The Balaban J connectivity index is 2.16. The molecular weight excluding hydrogens is 288 g/mol. The number of hydrogen-bond acceptors (Lipinski definition) is 2. The van der Waals surface area contributed by atoms with Gasteiger partial charge in [0.15, 0.2) is 0 Å². The molecule has 1 N–H and O–H groups in total. The monoisotopic (exact) mass is 312 g/mol. The van der Waals surface area contributed by atoms with E-state index in [1.165, 1.54) is 0 Å². The summed E-state index contributed by atoms with van der Waals surface area (Å²) >= 11 is 0. The van der Waals surface area contributed by atoms with Gasteiger partial charge >= 0.3 is 6.03 Å². The van der Waals surface area contributed by atoms with Gasteiger partial charge in [-0.3, -0.25) is 0 Å². The van der Waals surface area contributed by atoms with Gasteiger partial charge in [-0.2, -0.15) is 0 Å². The van der Waals surface area contributed by atoms with Crippen molar-refractivity contribution in [1.82, 2.24) is 4.90 Å². The molecule has 2 rings (SSSR count). The highest BCUT2D eigenvalue weighted by Crippen LogP contribution is 2.28. The summed E-state index contributed by atoms with van der Waals surface area (Å²) in [6, 6.07) is 17.3. The van der Waals surface area contributed by atoms with Crippen molar-refractivity contribution in [2.45, 2.75) is 25.8 Å². The second-order valence-electron chi connectivity index (χ2n) is 5.49. The minimum atomic E-state index is -0.113. The largest absolute Gasteiger partial charge is 0.497 e. The van der Waals surface area contributed by atoms with Crippen LogP contribution in [0, 0.1) is 0 Å². The number of rotatable bonds is 6. The number of hydrogen-bond donors (Lipinski definition) is 1. The van der Waals surface area contributed by atoms with Crippen molar-refractivity contribution in [3.63, 3.8) is 0 Å². The van der Waals surface area contributed by atoms with Crippen molar-refractivity contribution in [2.24, 2.45) is 0 Å². The molecule has 0 aliphatic carbocycles. The highest BCUT2D eigenvalue weighted by Gasteiger charge is 2.21. The molecule has 2 aromatic carbocycles. The highest BCUT2D eigenvalue weighted by molar-refractivity contribution is 5.89. The summed E-state index contributed by atoms with van der Waals surface area (Å²) in [5.41, 5.74) is 1.88. The van der Waals surface area contributed by atoms with Crippen LogP contribution in [0.25, 0.3) is 0 Å². The van der Waals surface area contributed by atoms with Crippen LogP contribution in [0.4, 0.5) is 10.5 Å². The van der Waals surface area contributed by atoms with Gasteiger partial charge in [-0.05, 0) is 36.2 Å². The molecule has 122 valence electrons. The molecule has 0 fully saturated rings. The molecule has 0 heterocycles. The minimum absolute atomic E-state index is 0.0128. The van der Waals surface area contributed by atoms with E-state index in [2.05, 4.69) is 12.2 Å². The van der Waals surface area contributed by atoms with E-state index in [0.717, 1.165) is 29.8 Å². The fraction of sp³-hybridized carbons (Fsp3) is 0.316. The quantitative estimate of drug-likeness (QED) is 0.840. The van der Waals surface area contributed by atoms with Gasteiger partial charge in [-0.1, -0.05) is 43.7 Å². The maximum atomic E-state index is 12.5. The average Bonchev–Trinajstić information content (AvgIpc) is 2.60. The van der Waals surface area contributed by atoms with Crippen LogP contribution in [0.3, 0.4) is 0 Å². The first-order valence-corrected chi connectivity index (χ1v) is 7.88. The Morgan fingerprint density at radius 3 is 2.57 bits per heavy atom. The SMILES string of the molecule is CCCC(c1cccc(OC)c1)N(C)C(=O)Nc1ccccc1. The predicted octanol–water partition coefficient (Wildman–Crippen LogP) is 4.70. The predicted molar refractivity (Wildman–Crippen MR) is 93.9 cm³/mol. The number of nitrogens with zero attached hydrogens (tertiary/aromatic N) is 1. The van der Waals surface area contributed by atoms with Gasteiger partial charge in [0.1, 0.15) is 5.75 Å². The fourth-order valence-electron chi connectivity index (χ4n) is 2.58. The van der Waals surface area contributed by atoms with E-state index in [1.54, 1.807) is 12.0 Å². The van der Waals surface area contributed by atoms with E-state index < -0.39 is 0 Å². The number of amides is 2. The first-order valence-electron chi connectivity index (χ1n) is 7.88. The second-order valence-corrected chi connectivity index (χ2v) is 5.49. The summed E-state index contributed by atoms with van der Waals surface area (Å²) in [5.74, 6) is 0.806. The van der Waals surface area contributed by atoms with Crippen LogP contribution >= 0.6 is 0 Å². The number of methoxy groups -OCH3 is 1. The van der Waals surface area contributed by atoms with Gasteiger partial charge in [0.05, 0.1) is 13.2 Å². The van der Waals surface area contributed by atoms with Gasteiger partial charge in [-0.15, -0.1) is 0 Å². The van der Waals surface area contributed by atoms with Crippen LogP contribution in [0.5, 0.6) is 5.75 Å². The van der Waals surface area contributed by atoms with Crippen LogP contribution in [0.1, 0.15) is 31.4 Å². The highest BCUT2D eigenvalue weighted by atomic mass is 16.5. The third kappa shape index (κ3) is 4.49. The van der Waals surface area contributed by atoms with Crippen molar-refractivity contribution in [1.29, 1.82) is 0 Å². The van der Waals surface area contributed by atoms with E-state index in [4.69, 9.17) is 4.74 Å². The molecule has 0 aromatic heterocycles. The first kappa shape index (κ1) is 16.9. The molecule has 0 saturated carbocycles. The summed E-state index contributed by atoms with van der Waals surface area (Å²) in [4.78, 5) is 14.3. The van der Waals surface area contributed by atoms with E-state index in [0.29, 0.717) is 0 Å². The summed E-state index contributed by atoms with van der Waals surface area (Å²) in [7, 11) is 3.48. The molecule has 2 aromatic rings. The van der Waals surface area contributed by atoms with Crippen LogP contribution in [-0.4, -0.2) is 25.1 Å². The second kappa shape index (κ2) is 8.22. The zero-order chi connectivity index (χ0) is 16.7. The lowest BCUT2D eigenvalue weighted by atomic mass is 10.0. The lowest BCUT2D eigenvalue weighted by Crippen LogP contribution is -2.34. The van der Waals surface area contributed by atoms with Gasteiger partial charge in [0.25, 0.3) is 0 Å². The van der Waals surface area contributed by atoms with E-state index in [9.17, 15) is 4.79 Å². The molecule has 1 unspecified atom stereocenters. The Bertz CT molecular complexity index is 628. The molecular formula is C19H24N2O2. The normalized spacial score (nSPS) is 11.6. The Kier molecular flexibility index (Phi) is 6.03. The molecule has 1 atom stereocenters. The van der Waals surface area contributed by atoms with Gasteiger partial charge in [0.2, 0.25) is 0 Å².